The Balaban J connectivity index is 1.51. The van der Waals surface area contributed by atoms with Crippen molar-refractivity contribution in [3.8, 4) is 6.07 Å². The smallest absolute Gasteiger partial charge is 0.321 e. The number of nitrogens with one attached hydrogen (secondary N) is 1. The molecule has 0 unspecified atom stereocenters. The fraction of sp³-hybridized carbons (Fsp3) is 0.263. The Hall–Kier alpha value is -1.88. The van der Waals surface area contributed by atoms with Crippen LogP contribution in [0, 0.1) is 11.3 Å². The first-order valence-corrected chi connectivity index (χ1v) is 9.86. The molecule has 0 aromatic heterocycles. The molecule has 0 bridgehead atoms. The van der Waals surface area contributed by atoms with Gasteiger partial charge in [0.15, 0.2) is 0 Å². The van der Waals surface area contributed by atoms with Gasteiger partial charge >= 0.3 is 6.03 Å². The summed E-state index contributed by atoms with van der Waals surface area (Å²) in [5, 5.41) is 11.8. The van der Waals surface area contributed by atoms with Crippen molar-refractivity contribution in [1.82, 2.24) is 9.80 Å². The zero-order valence-corrected chi connectivity index (χ0v) is 17.3. The predicted octanol–water partition coefficient (Wildman–Crippen LogP) is 4.43. The van der Waals surface area contributed by atoms with Crippen molar-refractivity contribution in [3.05, 3.63) is 62.5 Å². The van der Waals surface area contributed by atoms with Crippen molar-refractivity contribution >= 4 is 43.6 Å². The van der Waals surface area contributed by atoms with E-state index in [2.05, 4.69) is 48.1 Å². The Morgan fingerprint density at radius 2 is 1.77 bits per heavy atom. The molecule has 0 atom stereocenters. The number of rotatable bonds is 3. The van der Waals surface area contributed by atoms with E-state index in [-0.39, 0.29) is 6.03 Å². The number of nitrogens with zero attached hydrogens (tertiary/aromatic N) is 3. The molecule has 1 heterocycles. The molecule has 0 spiro atoms. The van der Waals surface area contributed by atoms with Crippen LogP contribution in [0.3, 0.4) is 0 Å². The summed E-state index contributed by atoms with van der Waals surface area (Å²) in [4.78, 5) is 16.6. The summed E-state index contributed by atoms with van der Waals surface area (Å²) in [6.45, 7) is 3.87. The monoisotopic (exact) mass is 476 g/mol. The highest BCUT2D eigenvalue weighted by atomic mass is 79.9. The molecule has 2 aromatic rings. The first kappa shape index (κ1) is 18.9. The molecular formula is C19H18Br2N4O. The van der Waals surface area contributed by atoms with Gasteiger partial charge in [-0.2, -0.15) is 5.26 Å². The molecule has 1 fully saturated rings. The van der Waals surface area contributed by atoms with Gasteiger partial charge in [0.25, 0.3) is 0 Å². The van der Waals surface area contributed by atoms with Gasteiger partial charge in [-0.1, -0.05) is 28.1 Å². The van der Waals surface area contributed by atoms with E-state index in [1.54, 1.807) is 0 Å². The molecule has 2 aromatic carbocycles. The van der Waals surface area contributed by atoms with E-state index in [0.717, 1.165) is 34.3 Å². The molecule has 2 amide bonds. The van der Waals surface area contributed by atoms with Crippen molar-refractivity contribution < 1.29 is 4.79 Å². The van der Waals surface area contributed by atoms with E-state index in [9.17, 15) is 4.79 Å². The minimum atomic E-state index is -0.0777. The largest absolute Gasteiger partial charge is 0.322 e. The number of carbonyl (C=O) groups excluding carboxylic acids is 1. The van der Waals surface area contributed by atoms with Gasteiger partial charge in [-0.3, -0.25) is 4.90 Å². The zero-order chi connectivity index (χ0) is 18.5. The number of amides is 2. The SMILES string of the molecule is N#Cc1ccc(CN2CCN(C(=O)Nc3ccc(Br)cc3Br)CC2)cc1. The van der Waals surface area contributed by atoms with Crippen LogP contribution in [0.4, 0.5) is 10.5 Å². The summed E-state index contributed by atoms with van der Waals surface area (Å²) in [6, 6.07) is 15.4. The second kappa shape index (κ2) is 8.67. The number of anilines is 1. The van der Waals surface area contributed by atoms with Gasteiger partial charge in [-0.15, -0.1) is 0 Å². The fourth-order valence-electron chi connectivity index (χ4n) is 2.84. The van der Waals surface area contributed by atoms with E-state index in [1.165, 1.54) is 5.56 Å². The standard InChI is InChI=1S/C19H18Br2N4O/c20-16-5-6-18(17(21)11-16)23-19(26)25-9-7-24(8-10-25)13-15-3-1-14(12-22)2-4-15/h1-6,11H,7-10,13H2,(H,23,26). The molecule has 1 aliphatic heterocycles. The third-order valence-electron chi connectivity index (χ3n) is 4.32. The zero-order valence-electron chi connectivity index (χ0n) is 14.1. The lowest BCUT2D eigenvalue weighted by molar-refractivity contribution is 0.143. The minimum absolute atomic E-state index is 0.0777. The van der Waals surface area contributed by atoms with E-state index in [0.29, 0.717) is 18.7 Å². The maximum absolute atomic E-state index is 12.5. The van der Waals surface area contributed by atoms with Crippen LogP contribution in [0.2, 0.25) is 0 Å². The summed E-state index contributed by atoms with van der Waals surface area (Å²) in [6.07, 6.45) is 0. The summed E-state index contributed by atoms with van der Waals surface area (Å²) in [7, 11) is 0. The van der Waals surface area contributed by atoms with Gasteiger partial charge < -0.3 is 10.2 Å². The van der Waals surface area contributed by atoms with Crippen LogP contribution in [-0.2, 0) is 6.54 Å². The fourth-order valence-corrected chi connectivity index (χ4v) is 3.98. The lowest BCUT2D eigenvalue weighted by Crippen LogP contribution is -2.49. The lowest BCUT2D eigenvalue weighted by atomic mass is 10.1. The molecule has 1 N–H and O–H groups in total. The van der Waals surface area contributed by atoms with Crippen LogP contribution >= 0.6 is 31.9 Å². The molecular weight excluding hydrogens is 460 g/mol. The number of hydrogen-bond donors (Lipinski definition) is 1. The van der Waals surface area contributed by atoms with Crippen LogP contribution in [-0.4, -0.2) is 42.0 Å². The summed E-state index contributed by atoms with van der Waals surface area (Å²) < 4.78 is 1.80. The Morgan fingerprint density at radius 3 is 2.38 bits per heavy atom. The average Bonchev–Trinajstić information content (AvgIpc) is 2.65. The first-order chi connectivity index (χ1) is 12.5. The molecule has 1 aliphatic rings. The second-order valence-corrected chi connectivity index (χ2v) is 7.90. The number of benzene rings is 2. The average molecular weight is 478 g/mol. The number of hydrogen-bond acceptors (Lipinski definition) is 3. The van der Waals surface area contributed by atoms with Crippen molar-refractivity contribution in [3.63, 3.8) is 0 Å². The van der Waals surface area contributed by atoms with Crippen molar-refractivity contribution in [2.75, 3.05) is 31.5 Å². The summed E-state index contributed by atoms with van der Waals surface area (Å²) in [5.41, 5.74) is 2.62. The minimum Gasteiger partial charge on any atom is -0.322 e. The van der Waals surface area contributed by atoms with Crippen LogP contribution in [0.15, 0.2) is 51.4 Å². The Morgan fingerprint density at radius 1 is 1.08 bits per heavy atom. The van der Waals surface area contributed by atoms with Crippen LogP contribution in [0.5, 0.6) is 0 Å². The van der Waals surface area contributed by atoms with E-state index < -0.39 is 0 Å². The number of urea groups is 1. The van der Waals surface area contributed by atoms with E-state index >= 15 is 0 Å². The molecule has 7 heteroatoms. The van der Waals surface area contributed by atoms with Gasteiger partial charge in [0.1, 0.15) is 0 Å². The third-order valence-corrected chi connectivity index (χ3v) is 5.47. The Labute approximate surface area is 169 Å². The topological polar surface area (TPSA) is 59.4 Å². The van der Waals surface area contributed by atoms with E-state index in [1.807, 2.05) is 47.4 Å². The van der Waals surface area contributed by atoms with Crippen LogP contribution in [0.1, 0.15) is 11.1 Å². The van der Waals surface area contributed by atoms with Crippen molar-refractivity contribution in [2.45, 2.75) is 6.54 Å². The molecule has 3 rings (SSSR count). The normalized spacial score (nSPS) is 14.7. The number of piperazine rings is 1. The van der Waals surface area contributed by atoms with Crippen molar-refractivity contribution in [2.24, 2.45) is 0 Å². The highest BCUT2D eigenvalue weighted by Gasteiger charge is 2.21. The van der Waals surface area contributed by atoms with Crippen molar-refractivity contribution in [1.29, 1.82) is 5.26 Å². The lowest BCUT2D eigenvalue weighted by Gasteiger charge is -2.34. The maximum atomic E-state index is 12.5. The summed E-state index contributed by atoms with van der Waals surface area (Å²) in [5.74, 6) is 0. The predicted molar refractivity (Wildman–Crippen MR) is 109 cm³/mol. The highest BCUT2D eigenvalue weighted by molar-refractivity contribution is 9.11. The molecule has 1 saturated heterocycles. The number of halogens is 2. The molecule has 26 heavy (non-hydrogen) atoms. The molecule has 5 nitrogen and oxygen atoms in total. The first-order valence-electron chi connectivity index (χ1n) is 8.27. The Kier molecular flexibility index (Phi) is 6.30. The van der Waals surface area contributed by atoms with Crippen LogP contribution in [0.25, 0.3) is 0 Å². The van der Waals surface area contributed by atoms with Gasteiger partial charge in [0.05, 0.1) is 17.3 Å². The molecule has 0 saturated carbocycles. The summed E-state index contributed by atoms with van der Waals surface area (Å²) >= 11 is 6.87. The number of nitriles is 1. The highest BCUT2D eigenvalue weighted by Crippen LogP contribution is 2.26. The van der Waals surface area contributed by atoms with Gasteiger partial charge in [0, 0.05) is 41.7 Å². The molecule has 134 valence electrons. The van der Waals surface area contributed by atoms with Gasteiger partial charge in [-0.05, 0) is 51.8 Å². The molecule has 0 radical (unpaired) electrons. The second-order valence-electron chi connectivity index (χ2n) is 6.13. The van der Waals surface area contributed by atoms with Gasteiger partial charge in [0.2, 0.25) is 0 Å². The number of carbonyl (C=O) groups is 1. The van der Waals surface area contributed by atoms with Gasteiger partial charge in [-0.25, -0.2) is 4.79 Å². The quantitative estimate of drug-likeness (QED) is 0.711. The molecule has 0 aliphatic carbocycles. The third kappa shape index (κ3) is 4.85. The van der Waals surface area contributed by atoms with Crippen LogP contribution < -0.4 is 5.32 Å². The van der Waals surface area contributed by atoms with E-state index in [4.69, 9.17) is 5.26 Å². The Bertz CT molecular complexity index is 824. The maximum Gasteiger partial charge on any atom is 0.321 e.